The Hall–Kier alpha value is -3.85. The second-order valence-corrected chi connectivity index (χ2v) is 13.4. The van der Waals surface area contributed by atoms with E-state index >= 15 is 0 Å². The largest absolute Gasteiger partial charge is 0.352 e. The first-order valence-electron chi connectivity index (χ1n) is 14.2. The van der Waals surface area contributed by atoms with Crippen LogP contribution in [0.2, 0.25) is 10.0 Å². The van der Waals surface area contributed by atoms with E-state index in [1.54, 1.807) is 67.6 Å². The average Bonchev–Trinajstić information content (AvgIpc) is 2.99. The quantitative estimate of drug-likeness (QED) is 0.186. The first kappa shape index (κ1) is 33.1. The van der Waals surface area contributed by atoms with Crippen LogP contribution in [-0.2, 0) is 32.6 Å². The van der Waals surface area contributed by atoms with Crippen molar-refractivity contribution in [2.45, 2.75) is 50.7 Å². The molecule has 0 aliphatic carbocycles. The van der Waals surface area contributed by atoms with E-state index in [4.69, 9.17) is 23.2 Å². The highest BCUT2D eigenvalue weighted by Gasteiger charge is 2.35. The van der Waals surface area contributed by atoms with Crippen molar-refractivity contribution in [2.75, 3.05) is 10.8 Å². The van der Waals surface area contributed by atoms with Crippen LogP contribution in [0.4, 0.5) is 5.69 Å². The van der Waals surface area contributed by atoms with Crippen LogP contribution in [0.15, 0.2) is 108 Å². The van der Waals surface area contributed by atoms with Gasteiger partial charge in [-0.1, -0.05) is 89.9 Å². The number of anilines is 1. The van der Waals surface area contributed by atoms with Gasteiger partial charge in [-0.2, -0.15) is 0 Å². The van der Waals surface area contributed by atoms with E-state index in [0.717, 1.165) is 9.87 Å². The number of aryl methyl sites for hydroxylation is 1. The summed E-state index contributed by atoms with van der Waals surface area (Å²) in [5, 5.41) is 3.80. The highest BCUT2D eigenvalue weighted by Crippen LogP contribution is 2.30. The number of amides is 2. The molecule has 0 aliphatic heterocycles. The molecule has 2 amide bonds. The fourth-order valence-electron chi connectivity index (χ4n) is 4.88. The van der Waals surface area contributed by atoms with Crippen molar-refractivity contribution in [3.05, 3.63) is 130 Å². The summed E-state index contributed by atoms with van der Waals surface area (Å²) < 4.78 is 29.3. The molecule has 0 saturated heterocycles. The van der Waals surface area contributed by atoms with Gasteiger partial charge in [0, 0.05) is 29.1 Å². The Morgan fingerprint density at radius 2 is 1.45 bits per heavy atom. The molecule has 0 fully saturated rings. The molecular weight excluding hydrogens is 617 g/mol. The molecular formula is C34H35Cl2N3O4S. The predicted molar refractivity (Wildman–Crippen MR) is 176 cm³/mol. The number of carbonyl (C=O) groups is 2. The number of rotatable bonds is 12. The molecule has 7 nitrogen and oxygen atoms in total. The van der Waals surface area contributed by atoms with E-state index in [2.05, 4.69) is 5.32 Å². The lowest BCUT2D eigenvalue weighted by atomic mass is 10.0. The van der Waals surface area contributed by atoms with E-state index < -0.39 is 28.5 Å². The molecule has 4 rings (SSSR count). The van der Waals surface area contributed by atoms with Crippen molar-refractivity contribution < 1.29 is 18.0 Å². The van der Waals surface area contributed by atoms with Gasteiger partial charge >= 0.3 is 0 Å². The second-order valence-electron chi connectivity index (χ2n) is 10.7. The number of benzene rings is 4. The lowest BCUT2D eigenvalue weighted by Gasteiger charge is -2.34. The number of hydrogen-bond acceptors (Lipinski definition) is 4. The van der Waals surface area contributed by atoms with Gasteiger partial charge in [-0.05, 0) is 73.9 Å². The third kappa shape index (κ3) is 8.20. The molecule has 0 aromatic heterocycles. The van der Waals surface area contributed by atoms with Gasteiger partial charge in [0.1, 0.15) is 12.6 Å². The summed E-state index contributed by atoms with van der Waals surface area (Å²) >= 11 is 12.7. The van der Waals surface area contributed by atoms with E-state index in [-0.39, 0.29) is 29.8 Å². The van der Waals surface area contributed by atoms with Gasteiger partial charge in [-0.15, -0.1) is 0 Å². The van der Waals surface area contributed by atoms with Gasteiger partial charge < -0.3 is 10.2 Å². The molecule has 0 radical (unpaired) electrons. The van der Waals surface area contributed by atoms with Crippen LogP contribution in [0.5, 0.6) is 0 Å². The maximum absolute atomic E-state index is 14.5. The third-order valence-corrected chi connectivity index (χ3v) is 9.42. The van der Waals surface area contributed by atoms with Crippen molar-refractivity contribution in [1.82, 2.24) is 10.2 Å². The van der Waals surface area contributed by atoms with Crippen molar-refractivity contribution in [3.63, 3.8) is 0 Å². The summed E-state index contributed by atoms with van der Waals surface area (Å²) in [4.78, 5) is 29.7. The van der Waals surface area contributed by atoms with Crippen molar-refractivity contribution in [1.29, 1.82) is 0 Å². The fraction of sp³-hybridized carbons (Fsp3) is 0.235. The highest BCUT2D eigenvalue weighted by molar-refractivity contribution is 7.92. The fourth-order valence-corrected chi connectivity index (χ4v) is 6.80. The zero-order valence-corrected chi connectivity index (χ0v) is 27.1. The van der Waals surface area contributed by atoms with Gasteiger partial charge in [0.25, 0.3) is 10.0 Å². The van der Waals surface area contributed by atoms with Crippen molar-refractivity contribution >= 4 is 50.7 Å². The lowest BCUT2D eigenvalue weighted by molar-refractivity contribution is -0.140. The number of nitrogens with one attached hydrogen (secondary N) is 1. The van der Waals surface area contributed by atoms with Crippen LogP contribution in [0.1, 0.15) is 30.5 Å². The summed E-state index contributed by atoms with van der Waals surface area (Å²) in [5.41, 5.74) is 2.34. The second kappa shape index (κ2) is 14.8. The highest BCUT2D eigenvalue weighted by atomic mass is 35.5. The van der Waals surface area contributed by atoms with Crippen molar-refractivity contribution in [3.8, 4) is 0 Å². The SMILES string of the molecule is Cc1cc(Cl)ccc1N(CC(=O)N(Cc1ccccc1Cl)[C@H](Cc1ccccc1)C(=O)NC(C)C)S(=O)(=O)c1ccccc1. The molecule has 1 N–H and O–H groups in total. The minimum Gasteiger partial charge on any atom is -0.352 e. The monoisotopic (exact) mass is 651 g/mol. The summed E-state index contributed by atoms with van der Waals surface area (Å²) in [6.45, 7) is 4.84. The predicted octanol–water partition coefficient (Wildman–Crippen LogP) is 6.66. The number of hydrogen-bond donors (Lipinski definition) is 1. The van der Waals surface area contributed by atoms with Gasteiger partial charge in [0.2, 0.25) is 11.8 Å². The zero-order chi connectivity index (χ0) is 31.9. The van der Waals surface area contributed by atoms with Crippen LogP contribution in [0, 0.1) is 6.92 Å². The van der Waals surface area contributed by atoms with E-state index in [9.17, 15) is 18.0 Å². The Morgan fingerprint density at radius 3 is 2.07 bits per heavy atom. The van der Waals surface area contributed by atoms with E-state index in [1.165, 1.54) is 17.0 Å². The standard InChI is InChI=1S/C34H35Cl2N3O4S/c1-24(2)37-34(41)32(21-26-12-6-4-7-13-26)38(22-27-14-10-11-17-30(27)36)33(40)23-39(31-19-18-28(35)20-25(31)3)44(42,43)29-15-8-5-9-16-29/h4-20,24,32H,21-23H2,1-3H3,(H,37,41)/t32-/m1/s1. The number of sulfonamides is 1. The maximum atomic E-state index is 14.5. The van der Waals surface area contributed by atoms with E-state index in [1.807, 2.05) is 44.2 Å². The average molecular weight is 653 g/mol. The minimum atomic E-state index is -4.21. The molecule has 4 aromatic carbocycles. The van der Waals surface area contributed by atoms with Crippen LogP contribution < -0.4 is 9.62 Å². The summed E-state index contributed by atoms with van der Waals surface area (Å²) in [7, 11) is -4.21. The van der Waals surface area contributed by atoms with Crippen LogP contribution in [-0.4, -0.2) is 43.8 Å². The number of nitrogens with zero attached hydrogens (tertiary/aromatic N) is 2. The number of carbonyl (C=O) groups excluding carboxylic acids is 2. The summed E-state index contributed by atoms with van der Waals surface area (Å²) in [6.07, 6.45) is 0.209. The Labute approximate surface area is 269 Å². The zero-order valence-electron chi connectivity index (χ0n) is 24.8. The normalized spacial score (nSPS) is 12.0. The Balaban J connectivity index is 1.83. The molecule has 0 spiro atoms. The Bertz CT molecular complexity index is 1700. The van der Waals surface area contributed by atoms with Gasteiger partial charge in [-0.3, -0.25) is 13.9 Å². The van der Waals surface area contributed by atoms with Crippen LogP contribution >= 0.6 is 23.2 Å². The Kier molecular flexibility index (Phi) is 11.1. The molecule has 1 atom stereocenters. The number of halogens is 2. The Morgan fingerprint density at radius 1 is 0.841 bits per heavy atom. The van der Waals surface area contributed by atoms with Gasteiger partial charge in [0.05, 0.1) is 10.6 Å². The third-order valence-electron chi connectivity index (χ3n) is 7.04. The van der Waals surface area contributed by atoms with Gasteiger partial charge in [0.15, 0.2) is 0 Å². The van der Waals surface area contributed by atoms with Crippen LogP contribution in [0.3, 0.4) is 0 Å². The smallest absolute Gasteiger partial charge is 0.264 e. The molecule has 0 unspecified atom stereocenters. The maximum Gasteiger partial charge on any atom is 0.264 e. The van der Waals surface area contributed by atoms with Crippen molar-refractivity contribution in [2.24, 2.45) is 0 Å². The first-order chi connectivity index (χ1) is 21.0. The summed E-state index contributed by atoms with van der Waals surface area (Å²) in [6, 6.07) is 28.0. The van der Waals surface area contributed by atoms with E-state index in [0.29, 0.717) is 26.9 Å². The first-order valence-corrected chi connectivity index (χ1v) is 16.4. The molecule has 4 aromatic rings. The topological polar surface area (TPSA) is 86.8 Å². The van der Waals surface area contributed by atoms with Gasteiger partial charge in [-0.25, -0.2) is 8.42 Å². The lowest BCUT2D eigenvalue weighted by Crippen LogP contribution is -2.54. The molecule has 0 saturated carbocycles. The molecule has 0 aliphatic rings. The minimum absolute atomic E-state index is 0.0135. The molecule has 44 heavy (non-hydrogen) atoms. The molecule has 0 heterocycles. The molecule has 230 valence electrons. The summed E-state index contributed by atoms with van der Waals surface area (Å²) in [5.74, 6) is -0.928. The van der Waals surface area contributed by atoms with Crippen LogP contribution in [0.25, 0.3) is 0 Å². The molecule has 10 heteroatoms. The molecule has 0 bridgehead atoms.